The number of carboxylic acids is 1. The molecule has 34 heavy (non-hydrogen) atoms. The molecule has 0 saturated heterocycles. The lowest BCUT2D eigenvalue weighted by atomic mass is 9.82. The number of hydrogen-bond acceptors (Lipinski definition) is 6. The van der Waals surface area contributed by atoms with Gasteiger partial charge in [-0.05, 0) is 50.5 Å². The average molecular weight is 454 g/mol. The first-order valence-electron chi connectivity index (χ1n) is 11.2. The van der Waals surface area contributed by atoms with Crippen LogP contribution in [0.2, 0.25) is 0 Å². The molecule has 170 valence electrons. The van der Waals surface area contributed by atoms with E-state index in [1.807, 2.05) is 50.2 Å². The predicted molar refractivity (Wildman–Crippen MR) is 126 cm³/mol. The molecule has 7 heteroatoms. The zero-order valence-electron chi connectivity index (χ0n) is 18.7. The molecule has 1 aliphatic carbocycles. The minimum Gasteiger partial charge on any atom is -0.490 e. The molecule has 5 aromatic rings. The summed E-state index contributed by atoms with van der Waals surface area (Å²) in [6, 6.07) is 13.1. The van der Waals surface area contributed by atoms with Gasteiger partial charge >= 0.3 is 5.97 Å². The summed E-state index contributed by atoms with van der Waals surface area (Å²) in [6.07, 6.45) is 4.71. The van der Waals surface area contributed by atoms with E-state index in [9.17, 15) is 9.90 Å². The van der Waals surface area contributed by atoms with Crippen LogP contribution in [0.5, 0.6) is 5.75 Å². The number of benzene rings is 2. The summed E-state index contributed by atoms with van der Waals surface area (Å²) in [5.74, 6) is 0.992. The molecule has 0 unspecified atom stereocenters. The number of carboxylic acid groups (broad SMARTS) is 1. The van der Waals surface area contributed by atoms with Gasteiger partial charge in [0, 0.05) is 16.9 Å². The van der Waals surface area contributed by atoms with Crippen LogP contribution < -0.4 is 4.74 Å². The standard InChI is InChI=1S/C27H22N2O5/c1-14-7-8-22(33-17-11-16(12-17)26-28-9-10-32-26)23-19(27(30)31)13-20(29-24(14)23)25-15(2)18-5-3-4-6-21(18)34-25/h3-10,13,16-17H,11-12H2,1-2H3,(H,30,31). The fraction of sp³-hybridized carbons (Fsp3) is 0.222. The Hall–Kier alpha value is -4.13. The molecule has 0 aliphatic heterocycles. The largest absolute Gasteiger partial charge is 0.490 e. The van der Waals surface area contributed by atoms with E-state index < -0.39 is 5.97 Å². The number of rotatable bonds is 5. The summed E-state index contributed by atoms with van der Waals surface area (Å²) >= 11 is 0. The minimum absolute atomic E-state index is 0.0401. The molecule has 6 rings (SSSR count). The maximum absolute atomic E-state index is 12.4. The molecule has 1 aliphatic rings. The van der Waals surface area contributed by atoms with Crippen molar-refractivity contribution in [1.82, 2.24) is 9.97 Å². The van der Waals surface area contributed by atoms with E-state index in [1.54, 1.807) is 18.5 Å². The predicted octanol–water partition coefficient (Wildman–Crippen LogP) is 6.28. The van der Waals surface area contributed by atoms with Crippen LogP contribution in [0.3, 0.4) is 0 Å². The Balaban J connectivity index is 1.43. The Bertz CT molecular complexity index is 1540. The highest BCUT2D eigenvalue weighted by Crippen LogP contribution is 2.42. The second kappa shape index (κ2) is 7.73. The van der Waals surface area contributed by atoms with Crippen LogP contribution in [0, 0.1) is 13.8 Å². The van der Waals surface area contributed by atoms with Crippen molar-refractivity contribution in [2.75, 3.05) is 0 Å². The number of nitrogens with zero attached hydrogens (tertiary/aromatic N) is 2. The first-order valence-corrected chi connectivity index (χ1v) is 11.2. The molecule has 0 spiro atoms. The first-order chi connectivity index (χ1) is 16.5. The SMILES string of the molecule is Cc1c(-c2cc(C(=O)O)c3c(OC4CC(c5ncco5)C4)ccc(C)c3n2)oc2ccccc12. The van der Waals surface area contributed by atoms with Crippen molar-refractivity contribution >= 4 is 27.8 Å². The molecular weight excluding hydrogens is 432 g/mol. The van der Waals surface area contributed by atoms with Crippen LogP contribution in [-0.2, 0) is 0 Å². The van der Waals surface area contributed by atoms with Gasteiger partial charge in [-0.1, -0.05) is 24.3 Å². The fourth-order valence-electron chi connectivity index (χ4n) is 4.72. The van der Waals surface area contributed by atoms with E-state index in [4.69, 9.17) is 18.6 Å². The van der Waals surface area contributed by atoms with Crippen molar-refractivity contribution in [3.63, 3.8) is 0 Å². The second-order valence-corrected chi connectivity index (χ2v) is 8.80. The Morgan fingerprint density at radius 2 is 1.97 bits per heavy atom. The van der Waals surface area contributed by atoms with Gasteiger partial charge in [-0.25, -0.2) is 14.8 Å². The minimum atomic E-state index is -1.04. The Morgan fingerprint density at radius 3 is 2.71 bits per heavy atom. The maximum atomic E-state index is 12.4. The highest BCUT2D eigenvalue weighted by atomic mass is 16.5. The van der Waals surface area contributed by atoms with Crippen molar-refractivity contribution < 1.29 is 23.5 Å². The van der Waals surface area contributed by atoms with Gasteiger partial charge in [0.05, 0.1) is 22.7 Å². The molecule has 0 atom stereocenters. The smallest absolute Gasteiger partial charge is 0.336 e. The molecule has 0 bridgehead atoms. The van der Waals surface area contributed by atoms with Gasteiger partial charge in [0.1, 0.15) is 29.4 Å². The number of aromatic carboxylic acids is 1. The second-order valence-electron chi connectivity index (χ2n) is 8.80. The molecule has 0 amide bonds. The summed E-state index contributed by atoms with van der Waals surface area (Å²) in [6.45, 7) is 3.88. The average Bonchev–Trinajstić information content (AvgIpc) is 3.45. The van der Waals surface area contributed by atoms with Crippen LogP contribution in [0.25, 0.3) is 33.3 Å². The van der Waals surface area contributed by atoms with Crippen molar-refractivity contribution in [1.29, 1.82) is 0 Å². The molecule has 0 radical (unpaired) electrons. The summed E-state index contributed by atoms with van der Waals surface area (Å²) in [5, 5.41) is 11.6. The van der Waals surface area contributed by atoms with Crippen molar-refractivity contribution in [3.8, 4) is 17.2 Å². The van der Waals surface area contributed by atoms with Crippen LogP contribution in [0.1, 0.15) is 46.1 Å². The number of pyridine rings is 1. The summed E-state index contributed by atoms with van der Waals surface area (Å²) in [5.41, 5.74) is 3.76. The molecule has 1 N–H and O–H groups in total. The highest BCUT2D eigenvalue weighted by Gasteiger charge is 2.35. The van der Waals surface area contributed by atoms with E-state index in [2.05, 4.69) is 4.98 Å². The van der Waals surface area contributed by atoms with Crippen molar-refractivity contribution in [2.45, 2.75) is 38.7 Å². The first kappa shape index (κ1) is 20.5. The Kier molecular flexibility index (Phi) is 4.65. The van der Waals surface area contributed by atoms with Gasteiger partial charge in [0.15, 0.2) is 11.7 Å². The van der Waals surface area contributed by atoms with Crippen molar-refractivity contribution in [2.24, 2.45) is 0 Å². The number of ether oxygens (including phenoxy) is 1. The van der Waals surface area contributed by atoms with Crippen molar-refractivity contribution in [3.05, 3.63) is 77.5 Å². The van der Waals surface area contributed by atoms with E-state index in [0.29, 0.717) is 34.0 Å². The van der Waals surface area contributed by atoms with Crippen LogP contribution in [0.15, 0.2) is 63.8 Å². The number of carbonyl (C=O) groups is 1. The van der Waals surface area contributed by atoms with Crippen LogP contribution in [-0.4, -0.2) is 27.1 Å². The number of hydrogen-bond donors (Lipinski definition) is 1. The Morgan fingerprint density at radius 1 is 1.15 bits per heavy atom. The summed E-state index contributed by atoms with van der Waals surface area (Å²) < 4.78 is 17.7. The van der Waals surface area contributed by atoms with E-state index >= 15 is 0 Å². The van der Waals surface area contributed by atoms with E-state index in [1.165, 1.54) is 0 Å². The van der Waals surface area contributed by atoms with Gasteiger partial charge in [0.2, 0.25) is 0 Å². The zero-order valence-corrected chi connectivity index (χ0v) is 18.7. The number of furan rings is 1. The molecule has 1 saturated carbocycles. The van der Waals surface area contributed by atoms with E-state index in [0.717, 1.165) is 34.9 Å². The molecular formula is C27H22N2O5. The quantitative estimate of drug-likeness (QED) is 0.334. The van der Waals surface area contributed by atoms with Gasteiger partial charge < -0.3 is 18.7 Å². The van der Waals surface area contributed by atoms with Gasteiger partial charge in [-0.15, -0.1) is 0 Å². The molecule has 2 aromatic carbocycles. The monoisotopic (exact) mass is 454 g/mol. The van der Waals surface area contributed by atoms with Gasteiger partial charge in [-0.3, -0.25) is 0 Å². The maximum Gasteiger partial charge on any atom is 0.336 e. The lowest BCUT2D eigenvalue weighted by Crippen LogP contribution is -2.32. The number of aromatic nitrogens is 2. The third-order valence-corrected chi connectivity index (χ3v) is 6.62. The molecule has 1 fully saturated rings. The highest BCUT2D eigenvalue weighted by molar-refractivity contribution is 6.07. The molecule has 3 heterocycles. The van der Waals surface area contributed by atoms with Crippen LogP contribution in [0.4, 0.5) is 0 Å². The normalized spacial score (nSPS) is 17.7. The van der Waals surface area contributed by atoms with E-state index in [-0.39, 0.29) is 17.6 Å². The van der Waals surface area contributed by atoms with Crippen LogP contribution >= 0.6 is 0 Å². The number of fused-ring (bicyclic) bond motifs is 2. The lowest BCUT2D eigenvalue weighted by Gasteiger charge is -2.33. The third kappa shape index (κ3) is 3.23. The summed E-state index contributed by atoms with van der Waals surface area (Å²) in [4.78, 5) is 21.4. The van der Waals surface area contributed by atoms with Gasteiger partial charge in [0.25, 0.3) is 0 Å². The molecule has 3 aromatic heterocycles. The Labute approximate surface area is 195 Å². The number of aryl methyl sites for hydroxylation is 2. The van der Waals surface area contributed by atoms with Gasteiger partial charge in [-0.2, -0.15) is 0 Å². The number of para-hydroxylation sites is 1. The number of oxazole rings is 1. The topological polar surface area (TPSA) is 98.6 Å². The zero-order chi connectivity index (χ0) is 23.4. The molecule has 7 nitrogen and oxygen atoms in total. The summed E-state index contributed by atoms with van der Waals surface area (Å²) in [7, 11) is 0. The fourth-order valence-corrected chi connectivity index (χ4v) is 4.72. The third-order valence-electron chi connectivity index (χ3n) is 6.62. The lowest BCUT2D eigenvalue weighted by molar-refractivity contribution is 0.0696.